The lowest BCUT2D eigenvalue weighted by Crippen LogP contribution is -2.28. The number of nitrogens with zero attached hydrogens (tertiary/aromatic N) is 2. The largest absolute Gasteiger partial charge is 0.339 e. The predicted octanol–water partition coefficient (Wildman–Crippen LogP) is 1.83. The number of hydrogen-bond donors (Lipinski definition) is 1. The van der Waals surface area contributed by atoms with E-state index in [1.54, 1.807) is 30.1 Å². The Bertz CT molecular complexity index is 817. The first kappa shape index (κ1) is 13.1. The zero-order valence-electron chi connectivity index (χ0n) is 11.3. The summed E-state index contributed by atoms with van der Waals surface area (Å²) in [6.45, 7) is 0. The monoisotopic (exact) mass is 289 g/mol. The molecule has 1 heterocycles. The van der Waals surface area contributed by atoms with Crippen LogP contribution in [0.1, 0.15) is 23.2 Å². The van der Waals surface area contributed by atoms with Crippen LogP contribution < -0.4 is 5.56 Å². The van der Waals surface area contributed by atoms with Gasteiger partial charge in [0, 0.05) is 25.7 Å². The Morgan fingerprint density at radius 1 is 1.45 bits per heavy atom. The first-order valence-electron chi connectivity index (χ1n) is 6.49. The van der Waals surface area contributed by atoms with Gasteiger partial charge in [0.1, 0.15) is 0 Å². The molecule has 6 heteroatoms. The Morgan fingerprint density at radius 3 is 2.80 bits per heavy atom. The highest BCUT2D eigenvalue weighted by atomic mass is 32.1. The highest BCUT2D eigenvalue weighted by Crippen LogP contribution is 2.27. The molecule has 20 heavy (non-hydrogen) atoms. The Balaban J connectivity index is 2.11. The fourth-order valence-electron chi connectivity index (χ4n) is 2.27. The highest BCUT2D eigenvalue weighted by Gasteiger charge is 2.30. The molecular formula is C14H15N3O2S. The minimum absolute atomic E-state index is 0.0191. The van der Waals surface area contributed by atoms with Crippen molar-refractivity contribution in [3.63, 3.8) is 0 Å². The number of hydrogen-bond acceptors (Lipinski definition) is 3. The van der Waals surface area contributed by atoms with Gasteiger partial charge in [-0.3, -0.25) is 14.2 Å². The predicted molar refractivity (Wildman–Crippen MR) is 79.5 cm³/mol. The van der Waals surface area contributed by atoms with Crippen molar-refractivity contribution in [2.24, 2.45) is 7.05 Å². The molecule has 1 N–H and O–H groups in total. The maximum absolute atomic E-state index is 12.3. The van der Waals surface area contributed by atoms with Crippen molar-refractivity contribution >= 4 is 29.0 Å². The normalized spacial score (nSPS) is 14.5. The summed E-state index contributed by atoms with van der Waals surface area (Å²) in [6.07, 6.45) is 2.14. The molecule has 1 fully saturated rings. The van der Waals surface area contributed by atoms with E-state index in [1.165, 1.54) is 4.57 Å². The average Bonchev–Trinajstić information content (AvgIpc) is 3.27. The summed E-state index contributed by atoms with van der Waals surface area (Å²) in [6, 6.07) is 5.44. The van der Waals surface area contributed by atoms with Gasteiger partial charge in [0.05, 0.1) is 10.9 Å². The van der Waals surface area contributed by atoms with Gasteiger partial charge in [-0.25, -0.2) is 0 Å². The first-order chi connectivity index (χ1) is 9.49. The highest BCUT2D eigenvalue weighted by molar-refractivity contribution is 7.71. The van der Waals surface area contributed by atoms with E-state index in [2.05, 4.69) is 4.98 Å². The number of aromatic nitrogens is 2. The van der Waals surface area contributed by atoms with Gasteiger partial charge in [-0.2, -0.15) is 0 Å². The van der Waals surface area contributed by atoms with E-state index < -0.39 is 0 Å². The Morgan fingerprint density at radius 2 is 2.15 bits per heavy atom. The van der Waals surface area contributed by atoms with E-state index in [9.17, 15) is 9.59 Å². The quantitative estimate of drug-likeness (QED) is 0.858. The summed E-state index contributed by atoms with van der Waals surface area (Å²) < 4.78 is 1.73. The van der Waals surface area contributed by atoms with Crippen LogP contribution in [-0.4, -0.2) is 33.4 Å². The smallest absolute Gasteiger partial charge is 0.261 e. The number of fused-ring (bicyclic) bond motifs is 1. The second-order valence-electron chi connectivity index (χ2n) is 5.20. The van der Waals surface area contributed by atoms with Crippen molar-refractivity contribution in [1.82, 2.24) is 14.5 Å². The molecule has 0 radical (unpaired) electrons. The molecule has 0 aliphatic heterocycles. The van der Waals surface area contributed by atoms with Crippen LogP contribution in [0, 0.1) is 4.77 Å². The Hall–Kier alpha value is -1.95. The van der Waals surface area contributed by atoms with Crippen molar-refractivity contribution < 1.29 is 4.79 Å². The lowest BCUT2D eigenvalue weighted by Gasteiger charge is -2.16. The maximum Gasteiger partial charge on any atom is 0.261 e. The average molecular weight is 289 g/mol. The van der Waals surface area contributed by atoms with Crippen LogP contribution in [0.2, 0.25) is 0 Å². The third kappa shape index (κ3) is 2.06. The number of nitrogens with one attached hydrogen (secondary N) is 1. The van der Waals surface area contributed by atoms with E-state index in [0.717, 1.165) is 12.8 Å². The van der Waals surface area contributed by atoms with Crippen molar-refractivity contribution in [2.45, 2.75) is 18.9 Å². The summed E-state index contributed by atoms with van der Waals surface area (Å²) >= 11 is 5.09. The molecule has 1 amide bonds. The summed E-state index contributed by atoms with van der Waals surface area (Å²) in [5, 5.41) is 0.534. The van der Waals surface area contributed by atoms with Crippen molar-refractivity contribution in [3.05, 3.63) is 38.9 Å². The van der Waals surface area contributed by atoms with Crippen LogP contribution in [0.25, 0.3) is 10.9 Å². The number of carbonyl (C=O) groups excluding carboxylic acids is 1. The van der Waals surface area contributed by atoms with Gasteiger partial charge < -0.3 is 9.88 Å². The summed E-state index contributed by atoms with van der Waals surface area (Å²) in [5.41, 5.74) is 1.03. The maximum atomic E-state index is 12.3. The fourth-order valence-corrected chi connectivity index (χ4v) is 2.46. The number of carbonyl (C=O) groups is 1. The zero-order valence-corrected chi connectivity index (χ0v) is 12.2. The number of aromatic amines is 1. The summed E-state index contributed by atoms with van der Waals surface area (Å²) in [7, 11) is 3.44. The Kier molecular flexibility index (Phi) is 2.97. The molecule has 2 aromatic rings. The topological polar surface area (TPSA) is 58.1 Å². The van der Waals surface area contributed by atoms with Crippen LogP contribution in [0.15, 0.2) is 23.0 Å². The van der Waals surface area contributed by atoms with E-state index in [4.69, 9.17) is 12.2 Å². The number of rotatable bonds is 2. The van der Waals surface area contributed by atoms with Gasteiger partial charge in [-0.1, -0.05) is 0 Å². The second kappa shape index (κ2) is 4.56. The number of H-pyrrole nitrogens is 1. The standard InChI is InChI=1S/C14H15N3O2S/c1-16(9-4-5-9)12(18)8-3-6-10-11(7-8)15-14(20)17(2)13(10)19/h3,6-7,9H,4-5H2,1-2H3,(H,15,20). The van der Waals surface area contributed by atoms with Crippen LogP contribution in [0.3, 0.4) is 0 Å². The van der Waals surface area contributed by atoms with Crippen LogP contribution in [-0.2, 0) is 7.05 Å². The Labute approximate surface area is 120 Å². The molecule has 1 saturated carbocycles. The van der Waals surface area contributed by atoms with Crippen molar-refractivity contribution in [1.29, 1.82) is 0 Å². The number of amides is 1. The lowest BCUT2D eigenvalue weighted by atomic mass is 10.1. The van der Waals surface area contributed by atoms with Gasteiger partial charge in [-0.15, -0.1) is 0 Å². The number of benzene rings is 1. The second-order valence-corrected chi connectivity index (χ2v) is 5.59. The summed E-state index contributed by atoms with van der Waals surface area (Å²) in [5.74, 6) is -0.0191. The molecule has 0 bridgehead atoms. The molecule has 1 aliphatic carbocycles. The van der Waals surface area contributed by atoms with Gasteiger partial charge in [0.2, 0.25) is 0 Å². The first-order valence-corrected chi connectivity index (χ1v) is 6.90. The minimum atomic E-state index is -0.154. The van der Waals surface area contributed by atoms with E-state index in [1.807, 2.05) is 7.05 Å². The van der Waals surface area contributed by atoms with Gasteiger partial charge in [-0.05, 0) is 43.3 Å². The molecule has 0 unspecified atom stereocenters. The van der Waals surface area contributed by atoms with Gasteiger partial charge in [0.25, 0.3) is 11.5 Å². The molecule has 0 atom stereocenters. The molecule has 3 rings (SSSR count). The third-order valence-corrected chi connectivity index (χ3v) is 4.14. The lowest BCUT2D eigenvalue weighted by molar-refractivity contribution is 0.0785. The van der Waals surface area contributed by atoms with Crippen LogP contribution in [0.4, 0.5) is 0 Å². The van der Waals surface area contributed by atoms with Gasteiger partial charge in [0.15, 0.2) is 4.77 Å². The van der Waals surface area contributed by atoms with Crippen molar-refractivity contribution in [3.8, 4) is 0 Å². The molecular weight excluding hydrogens is 274 g/mol. The molecule has 1 aromatic heterocycles. The van der Waals surface area contributed by atoms with Crippen molar-refractivity contribution in [2.75, 3.05) is 7.05 Å². The molecule has 5 nitrogen and oxygen atoms in total. The third-order valence-electron chi connectivity index (χ3n) is 3.76. The van der Waals surface area contributed by atoms with Crippen LogP contribution >= 0.6 is 12.2 Å². The molecule has 1 aliphatic rings. The minimum Gasteiger partial charge on any atom is -0.339 e. The molecule has 104 valence electrons. The summed E-state index contributed by atoms with van der Waals surface area (Å²) in [4.78, 5) is 29.1. The van der Waals surface area contributed by atoms with E-state index in [0.29, 0.717) is 27.3 Å². The fraction of sp³-hybridized carbons (Fsp3) is 0.357. The molecule has 0 spiro atoms. The van der Waals surface area contributed by atoms with E-state index in [-0.39, 0.29) is 11.5 Å². The zero-order chi connectivity index (χ0) is 14.4. The molecule has 1 aromatic carbocycles. The van der Waals surface area contributed by atoms with E-state index >= 15 is 0 Å². The van der Waals surface area contributed by atoms with Gasteiger partial charge >= 0.3 is 0 Å². The van der Waals surface area contributed by atoms with Crippen LogP contribution in [0.5, 0.6) is 0 Å². The molecule has 0 saturated heterocycles. The SMILES string of the molecule is CN(C(=O)c1ccc2c(=O)n(C)c(=S)[nH]c2c1)C1CC1.